The number of benzene rings is 1. The van der Waals surface area contributed by atoms with Crippen LogP contribution in [0.3, 0.4) is 0 Å². The Morgan fingerprint density at radius 2 is 1.95 bits per heavy atom. The van der Waals surface area contributed by atoms with Gasteiger partial charge >= 0.3 is 0 Å². The summed E-state index contributed by atoms with van der Waals surface area (Å²) in [6.45, 7) is 6.16. The van der Waals surface area contributed by atoms with E-state index in [0.717, 1.165) is 31.4 Å². The number of likely N-dealkylation sites (tertiary alicyclic amines) is 1. The maximum Gasteiger partial charge on any atom is 0.226 e. The Bertz CT molecular complexity index is 453. The van der Waals surface area contributed by atoms with Crippen LogP contribution >= 0.6 is 0 Å². The average molecular weight is 289 g/mol. The summed E-state index contributed by atoms with van der Waals surface area (Å²) in [5, 5.41) is 9.24. The van der Waals surface area contributed by atoms with Gasteiger partial charge in [0.15, 0.2) is 0 Å². The van der Waals surface area contributed by atoms with Gasteiger partial charge in [-0.25, -0.2) is 0 Å². The molecule has 0 aromatic heterocycles. The highest BCUT2D eigenvalue weighted by Gasteiger charge is 2.22. The van der Waals surface area contributed by atoms with Crippen molar-refractivity contribution >= 4 is 5.91 Å². The first-order valence-electron chi connectivity index (χ1n) is 8.05. The fourth-order valence-corrected chi connectivity index (χ4v) is 2.99. The lowest BCUT2D eigenvalue weighted by Gasteiger charge is -2.32. The first-order valence-corrected chi connectivity index (χ1v) is 8.05. The van der Waals surface area contributed by atoms with E-state index in [1.54, 1.807) is 0 Å². The molecule has 1 aliphatic rings. The Labute approximate surface area is 128 Å². The standard InChI is InChI=1S/C18H27NO2/c1-14(2)10-15-5-7-16(8-6-15)11-18(21)19-9-3-4-17(12-19)13-20/h5-8,14,17,20H,3-4,9-13H2,1-2H3. The smallest absolute Gasteiger partial charge is 0.226 e. The molecule has 1 amide bonds. The van der Waals surface area contributed by atoms with Gasteiger partial charge in [0.2, 0.25) is 5.91 Å². The van der Waals surface area contributed by atoms with Crippen molar-refractivity contribution < 1.29 is 9.90 Å². The van der Waals surface area contributed by atoms with Crippen LogP contribution < -0.4 is 0 Å². The van der Waals surface area contributed by atoms with Gasteiger partial charge < -0.3 is 10.0 Å². The molecule has 21 heavy (non-hydrogen) atoms. The molecule has 3 nitrogen and oxygen atoms in total. The number of piperidine rings is 1. The van der Waals surface area contributed by atoms with Crippen LogP contribution in [0.2, 0.25) is 0 Å². The summed E-state index contributed by atoms with van der Waals surface area (Å²) < 4.78 is 0. The fourth-order valence-electron chi connectivity index (χ4n) is 2.99. The summed E-state index contributed by atoms with van der Waals surface area (Å²) in [5.41, 5.74) is 2.41. The van der Waals surface area contributed by atoms with Crippen LogP contribution in [0.5, 0.6) is 0 Å². The summed E-state index contributed by atoms with van der Waals surface area (Å²) in [5.74, 6) is 1.10. The number of hydrogen-bond donors (Lipinski definition) is 1. The van der Waals surface area contributed by atoms with Crippen LogP contribution in [0.4, 0.5) is 0 Å². The zero-order chi connectivity index (χ0) is 15.2. The first kappa shape index (κ1) is 16.0. The van der Waals surface area contributed by atoms with Crippen molar-refractivity contribution in [1.29, 1.82) is 0 Å². The van der Waals surface area contributed by atoms with E-state index in [-0.39, 0.29) is 18.4 Å². The molecule has 2 rings (SSSR count). The lowest BCUT2D eigenvalue weighted by molar-refractivity contribution is -0.132. The predicted octanol–water partition coefficient (Wildman–Crippen LogP) is 2.66. The number of aliphatic hydroxyl groups excluding tert-OH is 1. The van der Waals surface area contributed by atoms with Crippen LogP contribution in [0.1, 0.15) is 37.8 Å². The summed E-state index contributed by atoms with van der Waals surface area (Å²) in [7, 11) is 0. The second-order valence-electron chi connectivity index (χ2n) is 6.62. The highest BCUT2D eigenvalue weighted by molar-refractivity contribution is 5.78. The van der Waals surface area contributed by atoms with E-state index in [2.05, 4.69) is 38.1 Å². The average Bonchev–Trinajstić information content (AvgIpc) is 2.49. The lowest BCUT2D eigenvalue weighted by atomic mass is 9.98. The molecule has 0 bridgehead atoms. The zero-order valence-electron chi connectivity index (χ0n) is 13.2. The molecule has 1 heterocycles. The van der Waals surface area contributed by atoms with Gasteiger partial charge in [-0.1, -0.05) is 38.1 Å². The van der Waals surface area contributed by atoms with Crippen molar-refractivity contribution in [3.8, 4) is 0 Å². The number of rotatable bonds is 5. The molecule has 1 atom stereocenters. The normalized spacial score (nSPS) is 19.0. The van der Waals surface area contributed by atoms with Gasteiger partial charge in [0, 0.05) is 19.7 Å². The minimum Gasteiger partial charge on any atom is -0.396 e. The SMILES string of the molecule is CC(C)Cc1ccc(CC(=O)N2CCCC(CO)C2)cc1. The van der Waals surface area contributed by atoms with Crippen molar-refractivity contribution in [3.05, 3.63) is 35.4 Å². The number of aliphatic hydroxyl groups is 1. The van der Waals surface area contributed by atoms with Crippen molar-refractivity contribution in [2.45, 2.75) is 39.5 Å². The fraction of sp³-hybridized carbons (Fsp3) is 0.611. The van der Waals surface area contributed by atoms with Crippen molar-refractivity contribution in [2.24, 2.45) is 11.8 Å². The van der Waals surface area contributed by atoms with Gasteiger partial charge in [-0.15, -0.1) is 0 Å². The Morgan fingerprint density at radius 1 is 1.29 bits per heavy atom. The predicted molar refractivity (Wildman–Crippen MR) is 85.1 cm³/mol. The van der Waals surface area contributed by atoms with Gasteiger partial charge in [0.1, 0.15) is 0 Å². The third kappa shape index (κ3) is 4.85. The highest BCUT2D eigenvalue weighted by Crippen LogP contribution is 2.17. The number of amides is 1. The molecular weight excluding hydrogens is 262 g/mol. The minimum absolute atomic E-state index is 0.185. The van der Waals surface area contributed by atoms with E-state index < -0.39 is 0 Å². The molecule has 1 aliphatic heterocycles. The molecule has 1 aromatic carbocycles. The van der Waals surface area contributed by atoms with Gasteiger partial charge in [-0.05, 0) is 42.2 Å². The Kier molecular flexibility index (Phi) is 5.80. The van der Waals surface area contributed by atoms with E-state index in [4.69, 9.17) is 0 Å². The monoisotopic (exact) mass is 289 g/mol. The molecule has 0 spiro atoms. The molecule has 1 aromatic rings. The molecular formula is C18H27NO2. The Morgan fingerprint density at radius 3 is 2.57 bits per heavy atom. The largest absolute Gasteiger partial charge is 0.396 e. The summed E-state index contributed by atoms with van der Waals surface area (Å²) in [6.07, 6.45) is 3.59. The molecule has 0 aliphatic carbocycles. The van der Waals surface area contributed by atoms with Gasteiger partial charge in [-0.3, -0.25) is 4.79 Å². The molecule has 3 heteroatoms. The maximum absolute atomic E-state index is 12.3. The van der Waals surface area contributed by atoms with Crippen molar-refractivity contribution in [1.82, 2.24) is 4.90 Å². The van der Waals surface area contributed by atoms with Gasteiger partial charge in [0.05, 0.1) is 6.42 Å². The Balaban J connectivity index is 1.90. The summed E-state index contributed by atoms with van der Waals surface area (Å²) in [6, 6.07) is 8.41. The Hall–Kier alpha value is -1.35. The number of carbonyl (C=O) groups excluding carboxylic acids is 1. The molecule has 0 radical (unpaired) electrons. The second kappa shape index (κ2) is 7.60. The number of hydrogen-bond acceptors (Lipinski definition) is 2. The topological polar surface area (TPSA) is 40.5 Å². The van der Waals surface area contributed by atoms with E-state index in [9.17, 15) is 9.90 Å². The lowest BCUT2D eigenvalue weighted by Crippen LogP contribution is -2.41. The van der Waals surface area contributed by atoms with Crippen LogP contribution in [-0.4, -0.2) is 35.6 Å². The van der Waals surface area contributed by atoms with Crippen LogP contribution in [0, 0.1) is 11.8 Å². The highest BCUT2D eigenvalue weighted by atomic mass is 16.3. The summed E-state index contributed by atoms with van der Waals surface area (Å²) in [4.78, 5) is 14.2. The molecule has 0 saturated carbocycles. The quantitative estimate of drug-likeness (QED) is 0.905. The van der Waals surface area contributed by atoms with Crippen molar-refractivity contribution in [2.75, 3.05) is 19.7 Å². The zero-order valence-corrected chi connectivity index (χ0v) is 13.2. The van der Waals surface area contributed by atoms with Crippen LogP contribution in [0.15, 0.2) is 24.3 Å². The van der Waals surface area contributed by atoms with E-state index in [0.29, 0.717) is 18.9 Å². The van der Waals surface area contributed by atoms with Crippen LogP contribution in [0.25, 0.3) is 0 Å². The van der Waals surface area contributed by atoms with Crippen molar-refractivity contribution in [3.63, 3.8) is 0 Å². The second-order valence-corrected chi connectivity index (χ2v) is 6.62. The number of carbonyl (C=O) groups is 1. The molecule has 1 N–H and O–H groups in total. The van der Waals surface area contributed by atoms with Gasteiger partial charge in [-0.2, -0.15) is 0 Å². The third-order valence-electron chi connectivity index (χ3n) is 4.15. The maximum atomic E-state index is 12.3. The first-order chi connectivity index (χ1) is 10.1. The molecule has 1 fully saturated rings. The van der Waals surface area contributed by atoms with Gasteiger partial charge in [0.25, 0.3) is 0 Å². The minimum atomic E-state index is 0.185. The summed E-state index contributed by atoms with van der Waals surface area (Å²) >= 11 is 0. The van der Waals surface area contributed by atoms with Crippen LogP contribution in [-0.2, 0) is 17.6 Å². The van der Waals surface area contributed by atoms with E-state index in [1.807, 2.05) is 4.90 Å². The van der Waals surface area contributed by atoms with E-state index in [1.165, 1.54) is 5.56 Å². The molecule has 116 valence electrons. The van der Waals surface area contributed by atoms with E-state index >= 15 is 0 Å². The molecule has 1 unspecified atom stereocenters. The number of nitrogens with zero attached hydrogens (tertiary/aromatic N) is 1. The molecule has 1 saturated heterocycles. The third-order valence-corrected chi connectivity index (χ3v) is 4.15.